The Kier molecular flexibility index (Phi) is 11.8. The van der Waals surface area contributed by atoms with Crippen LogP contribution in [0.1, 0.15) is 49.7 Å². The van der Waals surface area contributed by atoms with Crippen molar-refractivity contribution in [1.82, 2.24) is 0 Å². The minimum absolute atomic E-state index is 0.608. The third-order valence-corrected chi connectivity index (χ3v) is 5.06. The minimum atomic E-state index is -0.608. The molecular weight excluding hydrogens is 376 g/mol. The maximum Gasteiger partial charge on any atom is 0.115 e. The van der Waals surface area contributed by atoms with Gasteiger partial charge in [-0.05, 0) is 73.0 Å². The van der Waals surface area contributed by atoms with Crippen molar-refractivity contribution >= 4 is 11.8 Å². The van der Waals surface area contributed by atoms with E-state index in [0.29, 0.717) is 12.8 Å². The molecule has 2 unspecified atom stereocenters. The maximum absolute atomic E-state index is 9.91. The van der Waals surface area contributed by atoms with Crippen LogP contribution in [-0.2, 0) is 12.8 Å². The Bertz CT molecular complexity index is 727. The molecule has 2 aromatic rings. The van der Waals surface area contributed by atoms with Crippen LogP contribution in [0, 0.1) is 22.3 Å². The highest BCUT2D eigenvalue weighted by Gasteiger charge is 2.00. The lowest BCUT2D eigenvalue weighted by Gasteiger charge is -2.03. The molecule has 0 bridgehead atoms. The zero-order valence-corrected chi connectivity index (χ0v) is 17.7. The van der Waals surface area contributed by atoms with Gasteiger partial charge in [0.2, 0.25) is 0 Å². The molecule has 3 heteroatoms. The van der Waals surface area contributed by atoms with Gasteiger partial charge in [-0.25, -0.2) is 0 Å². The van der Waals surface area contributed by atoms with Crippen LogP contribution in [0.25, 0.3) is 0 Å². The summed E-state index contributed by atoms with van der Waals surface area (Å²) < 4.78 is 0. The van der Waals surface area contributed by atoms with Crippen molar-refractivity contribution < 1.29 is 10.2 Å². The predicted molar refractivity (Wildman–Crippen MR) is 123 cm³/mol. The molecule has 0 aromatic heterocycles. The lowest BCUT2D eigenvalue weighted by Crippen LogP contribution is -2.02. The summed E-state index contributed by atoms with van der Waals surface area (Å²) >= 11 is 1.14. The van der Waals surface area contributed by atoms with E-state index in [4.69, 9.17) is 0 Å². The summed E-state index contributed by atoms with van der Waals surface area (Å²) in [4.78, 5) is 0. The second-order valence-corrected chi connectivity index (χ2v) is 7.70. The first-order valence-electron chi connectivity index (χ1n) is 10.3. The summed E-state index contributed by atoms with van der Waals surface area (Å²) in [5, 5.41) is 25.5. The Labute approximate surface area is 179 Å². The maximum atomic E-state index is 9.91. The van der Waals surface area contributed by atoms with Gasteiger partial charge in [-0.1, -0.05) is 72.5 Å². The smallest absolute Gasteiger partial charge is 0.115 e. The van der Waals surface area contributed by atoms with Gasteiger partial charge in [-0.15, -0.1) is 0 Å². The molecular formula is C26H30O2S. The van der Waals surface area contributed by atoms with Gasteiger partial charge in [0.25, 0.3) is 0 Å². The molecule has 2 aromatic carbocycles. The van der Waals surface area contributed by atoms with Gasteiger partial charge < -0.3 is 10.2 Å². The number of hydrogen-bond donors (Lipinski definition) is 2. The largest absolute Gasteiger partial charge is 0.380 e. The molecule has 2 nitrogen and oxygen atoms in total. The molecule has 2 atom stereocenters. The normalized spacial score (nSPS) is 12.2. The lowest BCUT2D eigenvalue weighted by molar-refractivity contribution is 0.217. The molecule has 0 amide bonds. The molecule has 0 aliphatic heterocycles. The highest BCUT2D eigenvalue weighted by molar-refractivity contribution is 8.08. The van der Waals surface area contributed by atoms with Crippen LogP contribution in [0.4, 0.5) is 0 Å². The number of hydrogen-bond acceptors (Lipinski definition) is 3. The molecule has 0 saturated heterocycles. The molecule has 0 fully saturated rings. The van der Waals surface area contributed by atoms with Crippen LogP contribution in [0.5, 0.6) is 0 Å². The van der Waals surface area contributed by atoms with Gasteiger partial charge in [0.05, 0.1) is 0 Å². The highest BCUT2D eigenvalue weighted by Crippen LogP contribution is 2.09. The quantitative estimate of drug-likeness (QED) is 0.421. The number of aliphatic hydroxyl groups is 2. The average Bonchev–Trinajstić information content (AvgIpc) is 2.75. The predicted octanol–water partition coefficient (Wildman–Crippen LogP) is 5.19. The molecule has 0 saturated carbocycles. The van der Waals surface area contributed by atoms with E-state index >= 15 is 0 Å². The highest BCUT2D eigenvalue weighted by atomic mass is 32.2. The zero-order chi connectivity index (χ0) is 20.6. The van der Waals surface area contributed by atoms with E-state index in [0.717, 1.165) is 50.3 Å². The summed E-state index contributed by atoms with van der Waals surface area (Å²) in [6, 6.07) is 20.8. The van der Waals surface area contributed by atoms with Crippen LogP contribution >= 0.6 is 11.8 Å². The van der Waals surface area contributed by atoms with Gasteiger partial charge in [0.15, 0.2) is 0 Å². The van der Waals surface area contributed by atoms with Crippen molar-refractivity contribution in [2.75, 3.05) is 0 Å². The van der Waals surface area contributed by atoms with Crippen LogP contribution in [0.3, 0.4) is 0 Å². The Balaban J connectivity index is 1.51. The van der Waals surface area contributed by atoms with E-state index in [1.807, 2.05) is 12.1 Å². The third kappa shape index (κ3) is 11.4. The molecule has 152 valence electrons. The number of thioether (sulfide) groups is 1. The Morgan fingerprint density at radius 1 is 0.621 bits per heavy atom. The standard InChI is InChI=1S/C26H30O2S/c27-25(17-9-7-15-23-11-3-1-4-12-23)19-21-29-22-20-26(28)18-10-8-16-24-13-5-2-6-14-24/h1-6,11-14,25-28H,7-10,15-18H2. The monoisotopic (exact) mass is 406 g/mol. The molecule has 2 N–H and O–H groups in total. The van der Waals surface area contributed by atoms with Crippen molar-refractivity contribution in [2.24, 2.45) is 0 Å². The Morgan fingerprint density at radius 2 is 1.03 bits per heavy atom. The van der Waals surface area contributed by atoms with Crippen molar-refractivity contribution in [3.05, 3.63) is 71.8 Å². The van der Waals surface area contributed by atoms with E-state index in [1.54, 1.807) is 0 Å². The summed E-state index contributed by atoms with van der Waals surface area (Å²) in [6.07, 6.45) is 6.19. The third-order valence-electron chi connectivity index (χ3n) is 4.62. The second kappa shape index (κ2) is 14.8. The summed E-state index contributed by atoms with van der Waals surface area (Å²) in [5.74, 6) is 5.62. The molecule has 0 aliphatic carbocycles. The first-order chi connectivity index (χ1) is 14.2. The number of unbranched alkanes of at least 4 members (excludes halogenated alkanes) is 2. The van der Waals surface area contributed by atoms with Crippen molar-refractivity contribution in [3.63, 3.8) is 0 Å². The van der Waals surface area contributed by atoms with Gasteiger partial charge >= 0.3 is 0 Å². The first kappa shape index (κ1) is 23.1. The lowest BCUT2D eigenvalue weighted by atomic mass is 10.1. The van der Waals surface area contributed by atoms with Crippen LogP contribution in [-0.4, -0.2) is 22.4 Å². The first-order valence-corrected chi connectivity index (χ1v) is 11.2. The van der Waals surface area contributed by atoms with Gasteiger partial charge in [0.1, 0.15) is 12.2 Å². The number of aryl methyl sites for hydroxylation is 2. The summed E-state index contributed by atoms with van der Waals surface area (Å²) in [5.41, 5.74) is 2.66. The summed E-state index contributed by atoms with van der Waals surface area (Å²) in [6.45, 7) is 0. The van der Waals surface area contributed by atoms with Crippen molar-refractivity contribution in [2.45, 2.75) is 63.6 Å². The van der Waals surface area contributed by atoms with E-state index in [-0.39, 0.29) is 0 Å². The number of aliphatic hydroxyl groups excluding tert-OH is 2. The van der Waals surface area contributed by atoms with Gasteiger partial charge in [0, 0.05) is 11.8 Å². The van der Waals surface area contributed by atoms with Crippen LogP contribution in [0.15, 0.2) is 60.7 Å². The molecule has 2 rings (SSSR count). The van der Waals surface area contributed by atoms with Crippen molar-refractivity contribution in [3.8, 4) is 22.3 Å². The molecule has 0 spiro atoms. The molecule has 0 heterocycles. The van der Waals surface area contributed by atoms with E-state index in [2.05, 4.69) is 70.9 Å². The van der Waals surface area contributed by atoms with Crippen LogP contribution < -0.4 is 0 Å². The Morgan fingerprint density at radius 3 is 1.45 bits per heavy atom. The topological polar surface area (TPSA) is 40.5 Å². The van der Waals surface area contributed by atoms with E-state index in [9.17, 15) is 10.2 Å². The zero-order valence-electron chi connectivity index (χ0n) is 16.9. The average molecular weight is 407 g/mol. The minimum Gasteiger partial charge on any atom is -0.380 e. The molecule has 0 radical (unpaired) electrons. The fourth-order valence-electron chi connectivity index (χ4n) is 2.99. The SMILES string of the molecule is OC(C#CSC#CC(O)CCCCc1ccccc1)CCCCc1ccccc1. The fraction of sp³-hybridized carbons (Fsp3) is 0.385. The fourth-order valence-corrected chi connectivity index (χ4v) is 3.43. The number of benzene rings is 2. The number of rotatable bonds is 10. The molecule has 29 heavy (non-hydrogen) atoms. The van der Waals surface area contributed by atoms with Crippen molar-refractivity contribution in [1.29, 1.82) is 0 Å². The summed E-state index contributed by atoms with van der Waals surface area (Å²) in [7, 11) is 0. The second-order valence-electron chi connectivity index (χ2n) is 7.09. The van der Waals surface area contributed by atoms with Crippen LogP contribution in [0.2, 0.25) is 0 Å². The van der Waals surface area contributed by atoms with E-state index in [1.165, 1.54) is 11.1 Å². The molecule has 0 aliphatic rings. The van der Waals surface area contributed by atoms with E-state index < -0.39 is 12.2 Å². The van der Waals surface area contributed by atoms with Gasteiger partial charge in [-0.3, -0.25) is 0 Å². The van der Waals surface area contributed by atoms with Gasteiger partial charge in [-0.2, -0.15) is 0 Å². The Hall–Kier alpha value is -2.17.